The van der Waals surface area contributed by atoms with E-state index < -0.39 is 0 Å². The second-order valence-electron chi connectivity index (χ2n) is 4.64. The Balaban J connectivity index is 2.35. The molecule has 5 nitrogen and oxygen atoms in total. The molecule has 0 saturated carbocycles. The van der Waals surface area contributed by atoms with Crippen LogP contribution in [0.15, 0.2) is 23.0 Å². The van der Waals surface area contributed by atoms with E-state index in [1.165, 1.54) is 0 Å². The van der Waals surface area contributed by atoms with Crippen LogP contribution in [0.4, 0.5) is 0 Å². The van der Waals surface area contributed by atoms with Crippen molar-refractivity contribution < 1.29 is 10.1 Å². The van der Waals surface area contributed by atoms with Gasteiger partial charge in [0.2, 0.25) is 0 Å². The standard InChI is InChI=1S/C14H18ClN3O2/c1-3-11(16-6-7-20-2)13-17-12-8-9(15)4-5-10(12)14(19)18-13/h4-5,8,11,16H,3,6-7H2,1-2H3,(H,17,18,19)/p+1/t11-/m0/s1. The Hall–Kier alpha value is -1.43. The van der Waals surface area contributed by atoms with Gasteiger partial charge in [0, 0.05) is 18.6 Å². The molecule has 0 amide bonds. The summed E-state index contributed by atoms with van der Waals surface area (Å²) in [5.74, 6) is 0.684. The molecule has 1 aromatic heterocycles. The third-order valence-electron chi connectivity index (χ3n) is 3.25. The number of nitrogens with two attached hydrogens (primary N) is 1. The number of hydrogen-bond donors (Lipinski definition) is 2. The first-order chi connectivity index (χ1) is 9.65. The van der Waals surface area contributed by atoms with Crippen LogP contribution in [-0.2, 0) is 4.74 Å². The van der Waals surface area contributed by atoms with Gasteiger partial charge < -0.3 is 15.0 Å². The highest BCUT2D eigenvalue weighted by Crippen LogP contribution is 2.16. The van der Waals surface area contributed by atoms with Crippen LogP contribution in [0.1, 0.15) is 25.2 Å². The summed E-state index contributed by atoms with van der Waals surface area (Å²) in [5, 5.41) is 3.26. The van der Waals surface area contributed by atoms with Crippen molar-refractivity contribution in [2.75, 3.05) is 20.3 Å². The molecule has 0 bridgehead atoms. The number of aromatic nitrogens is 2. The van der Waals surface area contributed by atoms with Crippen molar-refractivity contribution in [3.63, 3.8) is 0 Å². The van der Waals surface area contributed by atoms with Gasteiger partial charge >= 0.3 is 0 Å². The van der Waals surface area contributed by atoms with Crippen LogP contribution in [0.25, 0.3) is 10.9 Å². The molecule has 1 aromatic carbocycles. The Kier molecular flexibility index (Phi) is 5.11. The fourth-order valence-corrected chi connectivity index (χ4v) is 2.33. The first-order valence-electron chi connectivity index (χ1n) is 6.67. The summed E-state index contributed by atoms with van der Waals surface area (Å²) < 4.78 is 5.04. The minimum Gasteiger partial charge on any atom is -0.379 e. The monoisotopic (exact) mass is 296 g/mol. The lowest BCUT2D eigenvalue weighted by Crippen LogP contribution is -2.86. The summed E-state index contributed by atoms with van der Waals surface area (Å²) in [4.78, 5) is 19.5. The first-order valence-corrected chi connectivity index (χ1v) is 7.05. The maximum absolute atomic E-state index is 12.1. The number of aromatic amines is 1. The molecule has 1 heterocycles. The van der Waals surface area contributed by atoms with Crippen molar-refractivity contribution in [2.45, 2.75) is 19.4 Å². The molecule has 3 N–H and O–H groups in total. The normalized spacial score (nSPS) is 12.8. The lowest BCUT2D eigenvalue weighted by Gasteiger charge is -2.13. The summed E-state index contributed by atoms with van der Waals surface area (Å²) in [6, 6.07) is 5.23. The van der Waals surface area contributed by atoms with Crippen molar-refractivity contribution >= 4 is 22.5 Å². The molecule has 0 fully saturated rings. The average molecular weight is 297 g/mol. The number of rotatable bonds is 6. The molecule has 2 aromatic rings. The lowest BCUT2D eigenvalue weighted by atomic mass is 10.2. The van der Waals surface area contributed by atoms with Crippen LogP contribution in [0, 0.1) is 0 Å². The highest BCUT2D eigenvalue weighted by molar-refractivity contribution is 6.31. The zero-order valence-electron chi connectivity index (χ0n) is 11.6. The van der Waals surface area contributed by atoms with Crippen LogP contribution >= 0.6 is 11.6 Å². The maximum atomic E-state index is 12.1. The Morgan fingerprint density at radius 2 is 2.30 bits per heavy atom. The van der Waals surface area contributed by atoms with Crippen molar-refractivity contribution in [3.8, 4) is 0 Å². The van der Waals surface area contributed by atoms with Crippen molar-refractivity contribution in [2.24, 2.45) is 0 Å². The van der Waals surface area contributed by atoms with Gasteiger partial charge in [-0.05, 0) is 18.2 Å². The average Bonchev–Trinajstić information content (AvgIpc) is 2.43. The molecule has 0 saturated heterocycles. The van der Waals surface area contributed by atoms with Gasteiger partial charge in [0.15, 0.2) is 5.82 Å². The van der Waals surface area contributed by atoms with Crippen LogP contribution in [-0.4, -0.2) is 30.2 Å². The second kappa shape index (κ2) is 6.83. The van der Waals surface area contributed by atoms with E-state index in [-0.39, 0.29) is 11.6 Å². The van der Waals surface area contributed by atoms with E-state index >= 15 is 0 Å². The predicted molar refractivity (Wildman–Crippen MR) is 79.1 cm³/mol. The Bertz CT molecular complexity index is 642. The molecule has 0 aliphatic carbocycles. The number of methoxy groups -OCH3 is 1. The van der Waals surface area contributed by atoms with E-state index in [4.69, 9.17) is 16.3 Å². The van der Waals surface area contributed by atoms with Crippen LogP contribution in [0.2, 0.25) is 5.02 Å². The summed E-state index contributed by atoms with van der Waals surface area (Å²) >= 11 is 5.96. The zero-order chi connectivity index (χ0) is 14.5. The van der Waals surface area contributed by atoms with E-state index in [1.54, 1.807) is 25.3 Å². The SMILES string of the molecule is CC[C@H]([NH2+]CCOC)c1nc2cc(Cl)ccc2c(=O)[nH]1. The van der Waals surface area contributed by atoms with E-state index in [9.17, 15) is 4.79 Å². The molecule has 0 spiro atoms. The quantitative estimate of drug-likeness (QED) is 0.788. The van der Waals surface area contributed by atoms with Crippen LogP contribution in [0.3, 0.4) is 0 Å². The molecule has 0 unspecified atom stereocenters. The Morgan fingerprint density at radius 1 is 1.50 bits per heavy atom. The van der Waals surface area contributed by atoms with Crippen molar-refractivity contribution in [1.29, 1.82) is 0 Å². The predicted octanol–water partition coefficient (Wildman–Crippen LogP) is 1.24. The lowest BCUT2D eigenvalue weighted by molar-refractivity contribution is -0.698. The van der Waals surface area contributed by atoms with Gasteiger partial charge in [-0.2, -0.15) is 0 Å². The smallest absolute Gasteiger partial charge is 0.258 e. The number of halogens is 1. The van der Waals surface area contributed by atoms with Crippen LogP contribution < -0.4 is 10.9 Å². The fraction of sp³-hybridized carbons (Fsp3) is 0.429. The number of benzene rings is 1. The van der Waals surface area contributed by atoms with Gasteiger partial charge in [-0.3, -0.25) is 4.79 Å². The maximum Gasteiger partial charge on any atom is 0.258 e. The van der Waals surface area contributed by atoms with E-state index in [2.05, 4.69) is 22.2 Å². The number of hydrogen-bond acceptors (Lipinski definition) is 3. The van der Waals surface area contributed by atoms with E-state index in [1.807, 2.05) is 0 Å². The van der Waals surface area contributed by atoms with Gasteiger partial charge in [-0.1, -0.05) is 18.5 Å². The summed E-state index contributed by atoms with van der Waals surface area (Å²) in [5.41, 5.74) is 0.509. The third kappa shape index (κ3) is 3.36. The zero-order valence-corrected chi connectivity index (χ0v) is 12.4. The highest BCUT2D eigenvalue weighted by atomic mass is 35.5. The number of quaternary nitrogens is 1. The third-order valence-corrected chi connectivity index (χ3v) is 3.49. The van der Waals surface area contributed by atoms with Crippen molar-refractivity contribution in [1.82, 2.24) is 9.97 Å². The summed E-state index contributed by atoms with van der Waals surface area (Å²) in [7, 11) is 1.67. The highest BCUT2D eigenvalue weighted by Gasteiger charge is 2.16. The minimum atomic E-state index is -0.125. The number of fused-ring (bicyclic) bond motifs is 1. The van der Waals surface area contributed by atoms with Gasteiger partial charge in [0.25, 0.3) is 5.56 Å². The summed E-state index contributed by atoms with van der Waals surface area (Å²) in [6.45, 7) is 3.56. The second-order valence-corrected chi connectivity index (χ2v) is 5.08. The van der Waals surface area contributed by atoms with Gasteiger partial charge in [0.05, 0.1) is 24.1 Å². The number of H-pyrrole nitrogens is 1. The molecule has 2 rings (SSSR count). The summed E-state index contributed by atoms with van der Waals surface area (Å²) in [6.07, 6.45) is 0.874. The molecule has 0 aliphatic rings. The van der Waals surface area contributed by atoms with Gasteiger partial charge in [-0.15, -0.1) is 0 Å². The van der Waals surface area contributed by atoms with Gasteiger partial charge in [0.1, 0.15) is 6.04 Å². The largest absolute Gasteiger partial charge is 0.379 e. The first kappa shape index (κ1) is 15.0. The molecule has 20 heavy (non-hydrogen) atoms. The molecule has 1 atom stereocenters. The number of nitrogens with zero attached hydrogens (tertiary/aromatic N) is 1. The van der Waals surface area contributed by atoms with Crippen LogP contribution in [0.5, 0.6) is 0 Å². The van der Waals surface area contributed by atoms with E-state index in [0.29, 0.717) is 28.4 Å². The number of ether oxygens (including phenoxy) is 1. The minimum absolute atomic E-state index is 0.112. The van der Waals surface area contributed by atoms with Gasteiger partial charge in [-0.25, -0.2) is 4.98 Å². The topological polar surface area (TPSA) is 71.6 Å². The molecule has 0 radical (unpaired) electrons. The molecule has 6 heteroatoms. The molecule has 0 aliphatic heterocycles. The number of nitrogens with one attached hydrogen (secondary N) is 1. The Morgan fingerprint density at radius 3 is 3.00 bits per heavy atom. The Labute approximate surface area is 122 Å². The van der Waals surface area contributed by atoms with E-state index in [0.717, 1.165) is 13.0 Å². The molecular formula is C14H19ClN3O2+. The molecule has 108 valence electrons. The molecular weight excluding hydrogens is 278 g/mol. The van der Waals surface area contributed by atoms with Crippen molar-refractivity contribution in [3.05, 3.63) is 39.4 Å². The fourth-order valence-electron chi connectivity index (χ4n) is 2.17.